The molecule has 4 nitrogen and oxygen atoms in total. The van der Waals surface area contributed by atoms with Gasteiger partial charge in [0.1, 0.15) is 11.9 Å². The van der Waals surface area contributed by atoms with E-state index in [1.807, 2.05) is 59.8 Å². The maximum atomic E-state index is 14.6. The summed E-state index contributed by atoms with van der Waals surface area (Å²) >= 11 is 1.83. The Labute approximate surface area is 174 Å². The van der Waals surface area contributed by atoms with Gasteiger partial charge < -0.3 is 9.47 Å². The molecule has 0 bridgehead atoms. The van der Waals surface area contributed by atoms with Gasteiger partial charge >= 0.3 is 0 Å². The first-order chi connectivity index (χ1) is 14.0. The zero-order valence-corrected chi connectivity index (χ0v) is 17.5. The molecule has 4 heterocycles. The van der Waals surface area contributed by atoms with Crippen LogP contribution in [0.5, 0.6) is 0 Å². The molecule has 0 spiro atoms. The van der Waals surface area contributed by atoms with E-state index >= 15 is 0 Å². The van der Waals surface area contributed by atoms with Crippen molar-refractivity contribution in [1.82, 2.24) is 14.5 Å². The molecule has 2 aliphatic rings. The monoisotopic (exact) mass is 406 g/mol. The Bertz CT molecular complexity index is 1090. The summed E-state index contributed by atoms with van der Waals surface area (Å²) in [6.45, 7) is 7.31. The maximum absolute atomic E-state index is 14.6. The zero-order valence-electron chi connectivity index (χ0n) is 16.7. The van der Waals surface area contributed by atoms with Gasteiger partial charge in [0.25, 0.3) is 0 Å². The number of pyridine rings is 1. The largest absolute Gasteiger partial charge is 0.341 e. The number of rotatable bonds is 3. The number of aliphatic imine (C=N–C) groups is 1. The fourth-order valence-corrected chi connectivity index (χ4v) is 5.64. The van der Waals surface area contributed by atoms with Crippen LogP contribution in [0.15, 0.2) is 59.7 Å². The number of benzene rings is 1. The molecule has 6 heteroatoms. The van der Waals surface area contributed by atoms with Crippen LogP contribution in [0.2, 0.25) is 0 Å². The van der Waals surface area contributed by atoms with Gasteiger partial charge in [-0.25, -0.2) is 4.39 Å². The van der Waals surface area contributed by atoms with Gasteiger partial charge in [-0.05, 0) is 49.7 Å². The van der Waals surface area contributed by atoms with Crippen molar-refractivity contribution < 1.29 is 4.39 Å². The Hall–Kier alpha value is -2.60. The normalized spacial score (nSPS) is 23.4. The van der Waals surface area contributed by atoms with Gasteiger partial charge in [0.15, 0.2) is 5.17 Å². The van der Waals surface area contributed by atoms with Gasteiger partial charge in [-0.15, -0.1) is 0 Å². The Kier molecular flexibility index (Phi) is 4.46. The maximum Gasteiger partial charge on any atom is 0.160 e. The first-order valence-corrected chi connectivity index (χ1v) is 10.8. The number of aryl methyl sites for hydroxylation is 1. The lowest BCUT2D eigenvalue weighted by Crippen LogP contribution is -2.28. The summed E-state index contributed by atoms with van der Waals surface area (Å²) in [6, 6.07) is 15.2. The molecule has 1 aromatic carbocycles. The lowest BCUT2D eigenvalue weighted by atomic mass is 9.96. The molecular weight excluding hydrogens is 383 g/mol. The van der Waals surface area contributed by atoms with Crippen LogP contribution in [0.25, 0.3) is 5.69 Å². The highest BCUT2D eigenvalue weighted by atomic mass is 32.2. The van der Waals surface area contributed by atoms with Crippen LogP contribution in [0.1, 0.15) is 41.7 Å². The Balaban J connectivity index is 1.64. The van der Waals surface area contributed by atoms with Crippen molar-refractivity contribution >= 4 is 16.9 Å². The minimum Gasteiger partial charge on any atom is -0.341 e. The number of halogens is 1. The zero-order chi connectivity index (χ0) is 20.1. The van der Waals surface area contributed by atoms with Crippen LogP contribution in [0.4, 0.5) is 4.39 Å². The van der Waals surface area contributed by atoms with Crippen LogP contribution in [0, 0.1) is 19.7 Å². The molecule has 3 aromatic rings. The second kappa shape index (κ2) is 7.02. The lowest BCUT2D eigenvalue weighted by molar-refractivity contribution is 0.320. The summed E-state index contributed by atoms with van der Waals surface area (Å²) in [4.78, 5) is 12.1. The van der Waals surface area contributed by atoms with Crippen molar-refractivity contribution in [3.05, 3.63) is 83.2 Å². The molecule has 0 amide bonds. The van der Waals surface area contributed by atoms with E-state index in [-0.39, 0.29) is 17.9 Å². The minimum atomic E-state index is -0.212. The van der Waals surface area contributed by atoms with Crippen molar-refractivity contribution in [3.63, 3.8) is 0 Å². The van der Waals surface area contributed by atoms with Crippen molar-refractivity contribution in [2.75, 3.05) is 6.54 Å². The van der Waals surface area contributed by atoms with E-state index in [1.54, 1.807) is 6.07 Å². The van der Waals surface area contributed by atoms with Crippen molar-refractivity contribution in [2.45, 2.75) is 38.1 Å². The van der Waals surface area contributed by atoms with Crippen LogP contribution in [0.3, 0.4) is 0 Å². The molecule has 5 rings (SSSR count). The number of amidine groups is 1. The molecule has 0 radical (unpaired) electrons. The number of fused-ring (bicyclic) bond motifs is 1. The molecule has 0 aliphatic carbocycles. The topological polar surface area (TPSA) is 33.4 Å². The van der Waals surface area contributed by atoms with Crippen LogP contribution < -0.4 is 0 Å². The predicted molar refractivity (Wildman–Crippen MR) is 116 cm³/mol. The van der Waals surface area contributed by atoms with Gasteiger partial charge in [0, 0.05) is 29.4 Å². The fraction of sp³-hybridized carbons (Fsp3) is 0.304. The van der Waals surface area contributed by atoms with Gasteiger partial charge in [0.2, 0.25) is 0 Å². The summed E-state index contributed by atoms with van der Waals surface area (Å²) in [5.74, 6) is -0.212. The summed E-state index contributed by atoms with van der Waals surface area (Å²) in [5, 5.41) is 1.60. The quantitative estimate of drug-likeness (QED) is 0.598. The number of para-hydroxylation sites is 1. The Morgan fingerprint density at radius 3 is 2.66 bits per heavy atom. The number of aromatic nitrogens is 2. The Morgan fingerprint density at radius 2 is 1.90 bits per heavy atom. The second-order valence-electron chi connectivity index (χ2n) is 7.75. The minimum absolute atomic E-state index is 0.0548. The molecule has 0 unspecified atom stereocenters. The smallest absolute Gasteiger partial charge is 0.160 e. The first kappa shape index (κ1) is 18.4. The number of hydrogen-bond donors (Lipinski definition) is 0. The summed E-state index contributed by atoms with van der Waals surface area (Å²) in [5.41, 5.74) is 4.83. The van der Waals surface area contributed by atoms with Crippen molar-refractivity contribution in [3.8, 4) is 5.69 Å². The van der Waals surface area contributed by atoms with Crippen LogP contribution in [-0.2, 0) is 0 Å². The van der Waals surface area contributed by atoms with Gasteiger partial charge in [-0.3, -0.25) is 9.98 Å². The number of nitrogens with zero attached hydrogens (tertiary/aromatic N) is 4. The molecule has 29 heavy (non-hydrogen) atoms. The molecule has 2 aliphatic heterocycles. The van der Waals surface area contributed by atoms with Crippen molar-refractivity contribution in [2.24, 2.45) is 4.99 Å². The van der Waals surface area contributed by atoms with Gasteiger partial charge in [0.05, 0.1) is 17.4 Å². The van der Waals surface area contributed by atoms with E-state index in [9.17, 15) is 4.39 Å². The summed E-state index contributed by atoms with van der Waals surface area (Å²) in [7, 11) is 0. The standard InChI is InChI=1S/C23H23FN4S/c1-14-12-17(16(3)28(14)20-10-5-4-8-18(20)24)22-21(19-9-6-7-11-25-19)26-23-27(22)13-15(2)29-23/h4-12,15,21-22H,13H2,1-3H3/t15-,21+,22+/m0/s1. The van der Waals surface area contributed by atoms with E-state index in [1.165, 1.54) is 11.6 Å². The lowest BCUT2D eigenvalue weighted by Gasteiger charge is -2.27. The highest BCUT2D eigenvalue weighted by molar-refractivity contribution is 8.14. The van der Waals surface area contributed by atoms with Gasteiger partial charge in [-0.2, -0.15) is 0 Å². The highest BCUT2D eigenvalue weighted by Crippen LogP contribution is 2.48. The molecule has 1 fully saturated rings. The molecule has 0 saturated carbocycles. The second-order valence-corrected chi connectivity index (χ2v) is 9.16. The summed E-state index contributed by atoms with van der Waals surface area (Å²) in [6.07, 6.45) is 1.83. The van der Waals surface area contributed by atoms with Crippen LogP contribution in [-0.4, -0.2) is 31.4 Å². The molecule has 0 N–H and O–H groups in total. The fourth-order valence-electron chi connectivity index (χ4n) is 4.54. The average Bonchev–Trinajstić information content (AvgIpc) is 3.33. The van der Waals surface area contributed by atoms with E-state index in [4.69, 9.17) is 4.99 Å². The van der Waals surface area contributed by atoms with E-state index in [2.05, 4.69) is 29.8 Å². The van der Waals surface area contributed by atoms with Crippen LogP contribution >= 0.6 is 11.8 Å². The molecule has 2 aromatic heterocycles. The SMILES string of the molecule is Cc1cc([C@@H]2[C@@H](c3ccccn3)N=C3S[C@@H](C)CN32)c(C)n1-c1ccccc1F. The average molecular weight is 407 g/mol. The van der Waals surface area contributed by atoms with Gasteiger partial charge in [-0.1, -0.05) is 36.9 Å². The third kappa shape index (κ3) is 2.97. The molecule has 148 valence electrons. The van der Waals surface area contributed by atoms with E-state index < -0.39 is 0 Å². The third-order valence-corrected chi connectivity index (χ3v) is 6.87. The summed E-state index contributed by atoms with van der Waals surface area (Å²) < 4.78 is 16.6. The van der Waals surface area contributed by atoms with Crippen molar-refractivity contribution in [1.29, 1.82) is 0 Å². The van der Waals surface area contributed by atoms with E-state index in [0.29, 0.717) is 10.9 Å². The highest BCUT2D eigenvalue weighted by Gasteiger charge is 2.44. The van der Waals surface area contributed by atoms with E-state index in [0.717, 1.165) is 28.8 Å². The molecule has 3 atom stereocenters. The molecule has 1 saturated heterocycles. The Morgan fingerprint density at radius 1 is 1.10 bits per heavy atom. The molecular formula is C23H23FN4S. The first-order valence-electron chi connectivity index (χ1n) is 9.90. The predicted octanol–water partition coefficient (Wildman–Crippen LogP) is 5.22. The number of hydrogen-bond acceptors (Lipinski definition) is 4. The number of thioether (sulfide) groups is 1. The third-order valence-electron chi connectivity index (χ3n) is 5.76.